The molecule has 0 radical (unpaired) electrons. The Hall–Kier alpha value is -4.94. The summed E-state index contributed by atoms with van der Waals surface area (Å²) in [5.41, 5.74) is 0.0916. The minimum absolute atomic E-state index is 0.0374. The van der Waals surface area contributed by atoms with Gasteiger partial charge in [-0.1, -0.05) is 78.9 Å². The Bertz CT molecular complexity index is 2010. The lowest BCUT2D eigenvalue weighted by atomic mass is 9.71. The van der Waals surface area contributed by atoms with Crippen LogP contribution >= 0.6 is 0 Å². The summed E-state index contributed by atoms with van der Waals surface area (Å²) >= 11 is 0. The second kappa shape index (κ2) is 8.03. The quantitative estimate of drug-likeness (QED) is 0.296. The van der Waals surface area contributed by atoms with Crippen LogP contribution in [-0.2, 0) is 10.2 Å². The number of H-pyrrole nitrogens is 1. The smallest absolute Gasteiger partial charge is 0.324 e. The molecule has 4 N–H and O–H groups in total. The maximum Gasteiger partial charge on any atom is 0.324 e. The van der Waals surface area contributed by atoms with Gasteiger partial charge in [0.2, 0.25) is 0 Å². The van der Waals surface area contributed by atoms with Crippen LogP contribution in [0.2, 0.25) is 0 Å². The number of nitrogens with zero attached hydrogens (tertiary/aromatic N) is 1. The first-order chi connectivity index (χ1) is 18.5. The van der Waals surface area contributed by atoms with Crippen molar-refractivity contribution >= 4 is 50.2 Å². The average molecular weight is 499 g/mol. The molecule has 0 fully saturated rings. The number of aromatic nitrogens is 2. The lowest BCUT2D eigenvalue weighted by Crippen LogP contribution is -2.54. The highest BCUT2D eigenvalue weighted by Gasteiger charge is 2.51. The summed E-state index contributed by atoms with van der Waals surface area (Å²) in [6.07, 6.45) is 0.0138. The van der Waals surface area contributed by atoms with Gasteiger partial charge < -0.3 is 20.3 Å². The Labute approximate surface area is 216 Å². The Morgan fingerprint density at radius 3 is 2.32 bits per heavy atom. The van der Waals surface area contributed by atoms with Crippen LogP contribution in [0.15, 0.2) is 97.1 Å². The van der Waals surface area contributed by atoms with Crippen LogP contribution in [0.5, 0.6) is 5.75 Å². The predicted molar refractivity (Wildman–Crippen MR) is 147 cm³/mol. The fraction of sp³-hybridized carbons (Fsp3) is 0.0625. The number of carboxylic acids is 1. The van der Waals surface area contributed by atoms with Crippen molar-refractivity contribution in [3.8, 4) is 5.75 Å². The molecule has 6 nitrogen and oxygen atoms in total. The van der Waals surface area contributed by atoms with Crippen molar-refractivity contribution in [2.24, 2.45) is 0 Å². The fourth-order valence-electron chi connectivity index (χ4n) is 5.75. The molecule has 0 aliphatic heterocycles. The van der Waals surface area contributed by atoms with Gasteiger partial charge in [0.15, 0.2) is 5.41 Å². The summed E-state index contributed by atoms with van der Waals surface area (Å²) in [6.45, 7) is 0. The van der Waals surface area contributed by atoms with E-state index in [-0.39, 0.29) is 11.6 Å². The number of nitrogens with one attached hydrogen (secondary N) is 1. The van der Waals surface area contributed by atoms with Crippen LogP contribution in [-0.4, -0.2) is 37.4 Å². The first-order valence-electron chi connectivity index (χ1n) is 12.3. The fourth-order valence-corrected chi connectivity index (χ4v) is 5.75. The monoisotopic (exact) mass is 498 g/mol. The minimum atomic E-state index is -1.93. The largest absolute Gasteiger partial charge is 0.507 e. The topological polar surface area (TPSA) is 106 Å². The third-order valence-corrected chi connectivity index (χ3v) is 7.61. The molecule has 2 atom stereocenters. The van der Waals surface area contributed by atoms with E-state index in [1.165, 1.54) is 0 Å². The normalized spacial score (nSPS) is 19.0. The summed E-state index contributed by atoms with van der Waals surface area (Å²) in [5.74, 6) is -1.17. The Balaban J connectivity index is 1.57. The molecule has 1 aliphatic carbocycles. The first-order valence-corrected chi connectivity index (χ1v) is 12.3. The number of rotatable bonds is 3. The number of carboxylic acid groups (broad SMARTS) is 1. The number of fused-ring (bicyclic) bond motifs is 4. The highest BCUT2D eigenvalue weighted by molar-refractivity contribution is 6.02. The van der Waals surface area contributed by atoms with E-state index in [4.69, 9.17) is 4.98 Å². The number of hydrogen-bond donors (Lipinski definition) is 4. The van der Waals surface area contributed by atoms with Gasteiger partial charge in [0, 0.05) is 11.1 Å². The molecule has 0 bridgehead atoms. The molecule has 0 amide bonds. The van der Waals surface area contributed by atoms with E-state index in [2.05, 4.69) is 4.98 Å². The minimum Gasteiger partial charge on any atom is -0.507 e. The van der Waals surface area contributed by atoms with Crippen molar-refractivity contribution < 1.29 is 20.1 Å². The van der Waals surface area contributed by atoms with Gasteiger partial charge in [-0.15, -0.1) is 0 Å². The second-order valence-electron chi connectivity index (χ2n) is 9.70. The van der Waals surface area contributed by atoms with Gasteiger partial charge in [0.1, 0.15) is 17.7 Å². The summed E-state index contributed by atoms with van der Waals surface area (Å²) in [6, 6.07) is 29.9. The number of aliphatic carboxylic acids is 1. The number of hydrogen-bond acceptors (Lipinski definition) is 4. The van der Waals surface area contributed by atoms with Gasteiger partial charge >= 0.3 is 5.97 Å². The van der Waals surface area contributed by atoms with E-state index >= 15 is 0 Å². The van der Waals surface area contributed by atoms with Crippen molar-refractivity contribution in [1.82, 2.24) is 9.97 Å². The first kappa shape index (κ1) is 22.3. The number of aliphatic hydroxyl groups is 1. The van der Waals surface area contributed by atoms with Crippen LogP contribution in [0.4, 0.5) is 0 Å². The number of phenolic OH excluding ortho intramolecular Hbond substituents is 1. The second-order valence-corrected chi connectivity index (χ2v) is 9.70. The van der Waals surface area contributed by atoms with Crippen molar-refractivity contribution in [3.05, 3.63) is 119 Å². The van der Waals surface area contributed by atoms with E-state index in [1.807, 2.05) is 84.9 Å². The number of phenols is 1. The zero-order chi connectivity index (χ0) is 26.0. The summed E-state index contributed by atoms with van der Waals surface area (Å²) in [4.78, 5) is 21.1. The van der Waals surface area contributed by atoms with Gasteiger partial charge in [-0.3, -0.25) is 4.79 Å². The standard InChI is InChI=1S/C32H22N2O4/c35-26-14-13-18-7-3-5-11-22(18)27(26)28-23-12-6-4-10-21(23)17-32(29(28)36,31(37)38)30-33-24-15-19-8-1-2-9-20(19)16-25(24)34-30/h1-17,29,35-36H,(H,33,34)(H,37,38). The van der Waals surface area contributed by atoms with Crippen LogP contribution < -0.4 is 10.4 Å². The van der Waals surface area contributed by atoms with E-state index < -0.39 is 17.5 Å². The molecule has 0 saturated carbocycles. The third kappa shape index (κ3) is 3.04. The molecule has 184 valence electrons. The molecule has 38 heavy (non-hydrogen) atoms. The molecule has 0 spiro atoms. The number of benzene rings is 5. The lowest BCUT2D eigenvalue weighted by molar-refractivity contribution is -0.144. The molecule has 5 aromatic carbocycles. The highest BCUT2D eigenvalue weighted by atomic mass is 16.4. The van der Waals surface area contributed by atoms with Crippen LogP contribution in [0.3, 0.4) is 0 Å². The zero-order valence-electron chi connectivity index (χ0n) is 20.1. The Morgan fingerprint density at radius 1 is 0.842 bits per heavy atom. The Morgan fingerprint density at radius 2 is 1.53 bits per heavy atom. The number of aromatic hydroxyl groups is 1. The maximum absolute atomic E-state index is 13.2. The lowest BCUT2D eigenvalue weighted by Gasteiger charge is -2.34. The molecular formula is C32H22N2O4. The number of aliphatic hydroxyl groups excluding tert-OH is 1. The van der Waals surface area contributed by atoms with Crippen LogP contribution in [0.1, 0.15) is 11.4 Å². The van der Waals surface area contributed by atoms with E-state index in [0.717, 1.165) is 16.2 Å². The summed E-state index contributed by atoms with van der Waals surface area (Å²) in [7, 11) is 0. The summed E-state index contributed by atoms with van der Waals surface area (Å²) < 4.78 is 0. The molecule has 1 aliphatic rings. The molecule has 7 rings (SSSR count). The van der Waals surface area contributed by atoms with Gasteiger partial charge in [-0.05, 0) is 56.3 Å². The van der Waals surface area contributed by atoms with Gasteiger partial charge in [-0.25, -0.2) is 4.98 Å². The molecule has 0 saturated heterocycles. The third-order valence-electron chi connectivity index (χ3n) is 7.61. The molecule has 1 heterocycles. The van der Waals surface area contributed by atoms with Gasteiger partial charge in [0.25, 0.3) is 0 Å². The van der Waals surface area contributed by atoms with Crippen molar-refractivity contribution in [1.29, 1.82) is 0 Å². The van der Waals surface area contributed by atoms with E-state index in [9.17, 15) is 20.1 Å². The predicted octanol–water partition coefficient (Wildman–Crippen LogP) is 3.95. The Kier molecular flexibility index (Phi) is 4.71. The van der Waals surface area contributed by atoms with Crippen LogP contribution in [0.25, 0.3) is 44.2 Å². The molecule has 6 heteroatoms. The molecular weight excluding hydrogens is 476 g/mol. The summed E-state index contributed by atoms with van der Waals surface area (Å²) in [5, 5.41) is 38.8. The van der Waals surface area contributed by atoms with E-state index in [0.29, 0.717) is 38.0 Å². The SMILES string of the molecule is O=C(O)C1(c2nc3cc4ccccc4cc3[nH]2)C=c2ccccc2=C(c2c(O)ccc3ccccc23)C1O. The molecule has 1 aromatic heterocycles. The van der Waals surface area contributed by atoms with Crippen molar-refractivity contribution in [2.75, 3.05) is 0 Å². The van der Waals surface area contributed by atoms with Gasteiger partial charge in [0.05, 0.1) is 11.0 Å². The maximum atomic E-state index is 13.2. The van der Waals surface area contributed by atoms with Gasteiger partial charge in [-0.2, -0.15) is 0 Å². The number of imidazole rings is 1. The number of aromatic amines is 1. The van der Waals surface area contributed by atoms with Crippen LogP contribution in [0, 0.1) is 0 Å². The average Bonchev–Trinajstić information content (AvgIpc) is 3.35. The highest BCUT2D eigenvalue weighted by Crippen LogP contribution is 2.42. The zero-order valence-corrected chi connectivity index (χ0v) is 20.1. The van der Waals surface area contributed by atoms with Crippen molar-refractivity contribution in [2.45, 2.75) is 11.5 Å². The molecule has 6 aromatic rings. The molecule has 2 unspecified atom stereocenters. The van der Waals surface area contributed by atoms with E-state index in [1.54, 1.807) is 18.2 Å². The number of carbonyl (C=O) groups is 1. The van der Waals surface area contributed by atoms with Crippen molar-refractivity contribution in [3.63, 3.8) is 0 Å².